The van der Waals surface area contributed by atoms with E-state index >= 15 is 0 Å². The molecule has 1 aromatic rings. The highest BCUT2D eigenvalue weighted by Gasteiger charge is 2.22. The van der Waals surface area contributed by atoms with E-state index < -0.39 is 29.0 Å². The molecule has 0 aliphatic heterocycles. The summed E-state index contributed by atoms with van der Waals surface area (Å²) in [6.45, 7) is 8.29. The summed E-state index contributed by atoms with van der Waals surface area (Å²) >= 11 is 1.00. The molecule has 0 aliphatic carbocycles. The zero-order chi connectivity index (χ0) is 17.6. The summed E-state index contributed by atoms with van der Waals surface area (Å²) in [7, 11) is 0. The zero-order valence-corrected chi connectivity index (χ0v) is 13.5. The van der Waals surface area contributed by atoms with Gasteiger partial charge in [-0.1, -0.05) is 5.16 Å². The van der Waals surface area contributed by atoms with Crippen LogP contribution in [-0.4, -0.2) is 39.8 Å². The molecule has 0 radical (unpaired) electrons. The first-order valence-electron chi connectivity index (χ1n) is 6.20. The van der Waals surface area contributed by atoms with Crippen LogP contribution in [0.3, 0.4) is 0 Å². The van der Waals surface area contributed by atoms with E-state index in [1.165, 1.54) is 5.38 Å². The lowest BCUT2D eigenvalue weighted by molar-refractivity contribution is -0.154. The van der Waals surface area contributed by atoms with Gasteiger partial charge >= 0.3 is 11.9 Å². The Morgan fingerprint density at radius 2 is 2.13 bits per heavy atom. The van der Waals surface area contributed by atoms with E-state index in [0.717, 1.165) is 11.3 Å². The molecule has 0 saturated carbocycles. The molecule has 1 amide bonds. The molecule has 2 N–H and O–H groups in total. The number of thiazole rings is 1. The second-order valence-electron chi connectivity index (χ2n) is 5.06. The van der Waals surface area contributed by atoms with Crippen molar-refractivity contribution in [2.45, 2.75) is 26.4 Å². The molecule has 124 valence electrons. The highest BCUT2D eigenvalue weighted by Crippen LogP contribution is 2.16. The number of ether oxygens (including phenoxy) is 1. The average molecular weight is 341 g/mol. The Kier molecular flexibility index (Phi) is 5.96. The molecule has 0 atom stereocenters. The molecule has 1 aromatic heterocycles. The van der Waals surface area contributed by atoms with Gasteiger partial charge in [-0.15, -0.1) is 11.3 Å². The van der Waals surface area contributed by atoms with Crippen molar-refractivity contribution in [2.75, 3.05) is 5.32 Å². The highest BCUT2D eigenvalue weighted by molar-refractivity contribution is 7.14. The lowest BCUT2D eigenvalue weighted by Crippen LogP contribution is -2.25. The number of hydrogen-bond acceptors (Lipinski definition) is 8. The maximum Gasteiger partial charge on any atom is 0.376 e. The van der Waals surface area contributed by atoms with Gasteiger partial charge in [0.15, 0.2) is 5.13 Å². The summed E-state index contributed by atoms with van der Waals surface area (Å²) in [6, 6.07) is 0. The van der Waals surface area contributed by atoms with Crippen LogP contribution in [0.5, 0.6) is 0 Å². The quantitative estimate of drug-likeness (QED) is 0.191. The predicted octanol–water partition coefficient (Wildman–Crippen LogP) is 1.37. The van der Waals surface area contributed by atoms with E-state index in [0.29, 0.717) is 6.41 Å². The summed E-state index contributed by atoms with van der Waals surface area (Å²) in [4.78, 5) is 41.7. The van der Waals surface area contributed by atoms with Crippen LogP contribution < -0.4 is 5.32 Å². The number of oxime groups is 1. The Bertz CT molecular complexity index is 659. The van der Waals surface area contributed by atoms with Gasteiger partial charge in [0.1, 0.15) is 11.3 Å². The van der Waals surface area contributed by atoms with Gasteiger partial charge in [-0.25, -0.2) is 14.6 Å². The van der Waals surface area contributed by atoms with Crippen molar-refractivity contribution in [3.63, 3.8) is 0 Å². The first-order chi connectivity index (χ1) is 10.6. The van der Waals surface area contributed by atoms with Gasteiger partial charge in [0, 0.05) is 5.38 Å². The molecule has 0 aromatic carbocycles. The zero-order valence-electron chi connectivity index (χ0n) is 12.7. The van der Waals surface area contributed by atoms with Crippen molar-refractivity contribution in [3.8, 4) is 0 Å². The number of carbonyl (C=O) groups excluding carboxylic acids is 2. The van der Waals surface area contributed by atoms with Gasteiger partial charge in [-0.3, -0.25) is 4.79 Å². The van der Waals surface area contributed by atoms with Gasteiger partial charge in [0.2, 0.25) is 17.9 Å². The molecular formula is C13H15N3O6S. The fourth-order valence-electron chi connectivity index (χ4n) is 1.17. The molecular weight excluding hydrogens is 326 g/mol. The predicted molar refractivity (Wildman–Crippen MR) is 82.0 cm³/mol. The number of nitrogens with zero attached hydrogens (tertiary/aromatic N) is 2. The Labute approximate surface area is 135 Å². The molecule has 0 unspecified atom stereocenters. The third-order valence-corrected chi connectivity index (χ3v) is 2.78. The van der Waals surface area contributed by atoms with Crippen LogP contribution in [0.4, 0.5) is 5.13 Å². The summed E-state index contributed by atoms with van der Waals surface area (Å²) in [5.41, 5.74) is -1.35. The standard InChI is InChI=1S/C13H15N3O6S/c1-7(11(20)21-13(2,3)4)22-16-9(10(18)19)8-5-23-12(15-8)14-6-17/h5-6H,1H2,2-4H3,(H,18,19)(H,14,15,17)/b16-9-. The lowest BCUT2D eigenvalue weighted by atomic mass is 10.2. The van der Waals surface area contributed by atoms with E-state index in [2.05, 4.69) is 22.0 Å². The Morgan fingerprint density at radius 3 is 2.65 bits per heavy atom. The number of carboxylic acid groups (broad SMARTS) is 1. The minimum absolute atomic E-state index is 0.0381. The van der Waals surface area contributed by atoms with Crippen molar-refractivity contribution >= 4 is 40.5 Å². The van der Waals surface area contributed by atoms with Crippen molar-refractivity contribution in [2.24, 2.45) is 5.16 Å². The SMILES string of the molecule is C=C(O/N=C(\C(=O)O)c1csc(NC=O)n1)C(=O)OC(C)(C)C. The van der Waals surface area contributed by atoms with Crippen LogP contribution in [0.15, 0.2) is 22.9 Å². The third-order valence-electron chi connectivity index (χ3n) is 2.01. The van der Waals surface area contributed by atoms with Gasteiger partial charge in [0.05, 0.1) is 0 Å². The number of rotatable bonds is 7. The summed E-state index contributed by atoms with van der Waals surface area (Å²) < 4.78 is 4.99. The smallest absolute Gasteiger partial charge is 0.376 e. The molecule has 0 bridgehead atoms. The van der Waals surface area contributed by atoms with E-state index in [9.17, 15) is 14.4 Å². The normalized spacial score (nSPS) is 11.5. The molecule has 0 fully saturated rings. The van der Waals surface area contributed by atoms with Gasteiger partial charge in [-0.05, 0) is 27.4 Å². The van der Waals surface area contributed by atoms with Gasteiger partial charge in [0.25, 0.3) is 0 Å². The summed E-state index contributed by atoms with van der Waals surface area (Å²) in [6.07, 6.45) is 0.404. The maximum atomic E-state index is 11.6. The number of hydrogen-bond donors (Lipinski definition) is 2. The van der Waals surface area contributed by atoms with Crippen LogP contribution in [0.2, 0.25) is 0 Å². The highest BCUT2D eigenvalue weighted by atomic mass is 32.1. The average Bonchev–Trinajstić information content (AvgIpc) is 2.85. The fourth-order valence-corrected chi connectivity index (χ4v) is 1.82. The maximum absolute atomic E-state index is 11.6. The number of aliphatic carboxylic acids is 1. The topological polar surface area (TPSA) is 127 Å². The Morgan fingerprint density at radius 1 is 1.48 bits per heavy atom. The number of nitrogens with one attached hydrogen (secondary N) is 1. The largest absolute Gasteiger partial charge is 0.476 e. The number of anilines is 1. The molecule has 0 spiro atoms. The molecule has 0 aliphatic rings. The second kappa shape index (κ2) is 7.49. The van der Waals surface area contributed by atoms with E-state index in [1.54, 1.807) is 20.8 Å². The fraction of sp³-hybridized carbons (Fsp3) is 0.308. The van der Waals surface area contributed by atoms with E-state index in [-0.39, 0.29) is 10.8 Å². The molecule has 9 nitrogen and oxygen atoms in total. The van der Waals surface area contributed by atoms with E-state index in [4.69, 9.17) is 14.7 Å². The third kappa shape index (κ3) is 5.87. The Hall–Kier alpha value is -2.75. The monoisotopic (exact) mass is 341 g/mol. The van der Waals surface area contributed by atoms with Crippen LogP contribution in [0, 0.1) is 0 Å². The summed E-state index contributed by atoms with van der Waals surface area (Å²) in [5, 5.41) is 16.3. The van der Waals surface area contributed by atoms with Crippen LogP contribution in [0.25, 0.3) is 0 Å². The molecule has 0 saturated heterocycles. The van der Waals surface area contributed by atoms with Crippen molar-refractivity contribution in [3.05, 3.63) is 23.4 Å². The first kappa shape index (κ1) is 18.3. The number of carbonyl (C=O) groups is 3. The van der Waals surface area contributed by atoms with Gasteiger partial charge < -0.3 is 20.0 Å². The number of esters is 1. The van der Waals surface area contributed by atoms with Crippen LogP contribution in [-0.2, 0) is 24.0 Å². The number of aromatic nitrogens is 1. The first-order valence-corrected chi connectivity index (χ1v) is 7.08. The number of amides is 1. The minimum atomic E-state index is -1.43. The lowest BCUT2D eigenvalue weighted by Gasteiger charge is -2.19. The summed E-state index contributed by atoms with van der Waals surface area (Å²) in [5.74, 6) is -2.77. The molecule has 10 heteroatoms. The minimum Gasteiger partial charge on any atom is -0.476 e. The van der Waals surface area contributed by atoms with Crippen LogP contribution >= 0.6 is 11.3 Å². The van der Waals surface area contributed by atoms with E-state index in [1.807, 2.05) is 0 Å². The molecule has 23 heavy (non-hydrogen) atoms. The van der Waals surface area contributed by atoms with Crippen molar-refractivity contribution < 1.29 is 29.1 Å². The van der Waals surface area contributed by atoms with Gasteiger partial charge in [-0.2, -0.15) is 0 Å². The molecule has 1 heterocycles. The Balaban J connectivity index is 2.87. The second-order valence-corrected chi connectivity index (χ2v) is 5.92. The number of carboxylic acids is 1. The van der Waals surface area contributed by atoms with Crippen molar-refractivity contribution in [1.82, 2.24) is 4.98 Å². The van der Waals surface area contributed by atoms with Crippen molar-refractivity contribution in [1.29, 1.82) is 0 Å². The molecule has 1 rings (SSSR count). The van der Waals surface area contributed by atoms with Crippen LogP contribution in [0.1, 0.15) is 26.5 Å².